The molecule has 3 rings (SSSR count). The fraction of sp³-hybridized carbons (Fsp3) is 0.636. The highest BCUT2D eigenvalue weighted by molar-refractivity contribution is 7.90. The summed E-state index contributed by atoms with van der Waals surface area (Å²) in [6.07, 6.45) is 1.98. The molecule has 1 saturated heterocycles. The number of nitrogens with zero attached hydrogens (tertiary/aromatic N) is 2. The summed E-state index contributed by atoms with van der Waals surface area (Å²) in [5.74, 6) is -0.383. The standard InChI is InChI=1S/C11H15N3O5S/c1-11(6-18-7-11)10(15)13-20(16,17)8-5-12-14-3-2-4-19-9(8)14/h5H,2-4,6-7H2,1H3,(H,13,15). The molecule has 8 nitrogen and oxygen atoms in total. The van der Waals surface area contributed by atoms with Gasteiger partial charge in [0.05, 0.1) is 31.4 Å². The van der Waals surface area contributed by atoms with Crippen molar-refractivity contribution in [2.75, 3.05) is 19.8 Å². The number of hydrogen-bond acceptors (Lipinski definition) is 6. The van der Waals surface area contributed by atoms with E-state index in [1.807, 2.05) is 0 Å². The Labute approximate surface area is 116 Å². The number of fused-ring (bicyclic) bond motifs is 1. The number of nitrogens with one attached hydrogen (secondary N) is 1. The van der Waals surface area contributed by atoms with Gasteiger partial charge in [-0.05, 0) is 6.92 Å². The summed E-state index contributed by atoms with van der Waals surface area (Å²) in [5, 5.41) is 3.96. The SMILES string of the molecule is CC1(C(=O)NS(=O)(=O)c2cnn3c2OCCC3)COC1. The van der Waals surface area contributed by atoms with E-state index in [9.17, 15) is 13.2 Å². The maximum atomic E-state index is 12.3. The summed E-state index contributed by atoms with van der Waals surface area (Å²) < 4.78 is 38.4. The molecule has 0 spiro atoms. The minimum Gasteiger partial charge on any atom is -0.477 e. The highest BCUT2D eigenvalue weighted by Crippen LogP contribution is 2.29. The molecule has 1 N–H and O–H groups in total. The normalized spacial score (nSPS) is 20.4. The van der Waals surface area contributed by atoms with Crippen LogP contribution in [0.3, 0.4) is 0 Å². The summed E-state index contributed by atoms with van der Waals surface area (Å²) in [4.78, 5) is 11.9. The number of amides is 1. The van der Waals surface area contributed by atoms with Gasteiger partial charge in [0.25, 0.3) is 10.0 Å². The molecule has 1 amide bonds. The molecule has 110 valence electrons. The van der Waals surface area contributed by atoms with Crippen LogP contribution in [-0.2, 0) is 26.1 Å². The Kier molecular flexibility index (Phi) is 2.98. The average Bonchev–Trinajstić information content (AvgIpc) is 2.79. The first-order valence-corrected chi connectivity index (χ1v) is 7.74. The molecule has 1 fully saturated rings. The number of carbonyl (C=O) groups is 1. The highest BCUT2D eigenvalue weighted by atomic mass is 32.2. The number of rotatable bonds is 3. The molecule has 1 aromatic rings. The van der Waals surface area contributed by atoms with E-state index in [2.05, 4.69) is 9.82 Å². The molecule has 0 aromatic carbocycles. The van der Waals surface area contributed by atoms with Gasteiger partial charge in [0.15, 0.2) is 4.90 Å². The fourth-order valence-electron chi connectivity index (χ4n) is 2.07. The van der Waals surface area contributed by atoms with Crippen LogP contribution >= 0.6 is 0 Å². The summed E-state index contributed by atoms with van der Waals surface area (Å²) in [6.45, 7) is 3.14. The molecular weight excluding hydrogens is 286 g/mol. The predicted molar refractivity (Wildman–Crippen MR) is 66.6 cm³/mol. The largest absolute Gasteiger partial charge is 0.477 e. The highest BCUT2D eigenvalue weighted by Gasteiger charge is 2.43. The van der Waals surface area contributed by atoms with Crippen LogP contribution in [0.5, 0.6) is 5.88 Å². The average molecular weight is 301 g/mol. The van der Waals surface area contributed by atoms with E-state index in [4.69, 9.17) is 9.47 Å². The molecule has 20 heavy (non-hydrogen) atoms. The van der Waals surface area contributed by atoms with Crippen molar-refractivity contribution in [2.45, 2.75) is 24.8 Å². The molecular formula is C11H15N3O5S. The summed E-state index contributed by atoms with van der Waals surface area (Å²) in [6, 6.07) is 0. The van der Waals surface area contributed by atoms with Gasteiger partial charge in [0, 0.05) is 13.0 Å². The Bertz CT molecular complexity index is 647. The number of aryl methyl sites for hydroxylation is 1. The van der Waals surface area contributed by atoms with Crippen molar-refractivity contribution < 1.29 is 22.7 Å². The minimum absolute atomic E-state index is 0.102. The number of aromatic nitrogens is 2. The molecule has 1 aromatic heterocycles. The van der Waals surface area contributed by atoms with Gasteiger partial charge in [0.2, 0.25) is 11.8 Å². The van der Waals surface area contributed by atoms with E-state index < -0.39 is 21.3 Å². The Morgan fingerprint density at radius 3 is 2.90 bits per heavy atom. The Hall–Kier alpha value is -1.61. The van der Waals surface area contributed by atoms with Crippen LogP contribution in [0.1, 0.15) is 13.3 Å². The first-order valence-electron chi connectivity index (χ1n) is 6.26. The molecule has 2 aliphatic heterocycles. The van der Waals surface area contributed by atoms with Gasteiger partial charge in [-0.25, -0.2) is 17.8 Å². The first kappa shape index (κ1) is 13.4. The second-order valence-corrected chi connectivity index (χ2v) is 6.88. The van der Waals surface area contributed by atoms with Crippen molar-refractivity contribution in [3.8, 4) is 5.88 Å². The van der Waals surface area contributed by atoms with Gasteiger partial charge in [-0.3, -0.25) is 4.79 Å². The predicted octanol–water partition coefficient (Wildman–Crippen LogP) is -0.493. The van der Waals surface area contributed by atoms with Gasteiger partial charge >= 0.3 is 0 Å². The van der Waals surface area contributed by atoms with Crippen molar-refractivity contribution in [1.29, 1.82) is 0 Å². The molecule has 0 unspecified atom stereocenters. The van der Waals surface area contributed by atoms with Crippen molar-refractivity contribution >= 4 is 15.9 Å². The van der Waals surface area contributed by atoms with Crippen LogP contribution in [0.4, 0.5) is 0 Å². The maximum Gasteiger partial charge on any atom is 0.271 e. The molecule has 0 saturated carbocycles. The zero-order chi connectivity index (χ0) is 14.4. The van der Waals surface area contributed by atoms with Gasteiger partial charge < -0.3 is 9.47 Å². The first-order chi connectivity index (χ1) is 9.42. The number of sulfonamides is 1. The quantitative estimate of drug-likeness (QED) is 0.808. The molecule has 0 aliphatic carbocycles. The van der Waals surface area contributed by atoms with E-state index in [-0.39, 0.29) is 24.0 Å². The van der Waals surface area contributed by atoms with Gasteiger partial charge in [-0.1, -0.05) is 0 Å². The van der Waals surface area contributed by atoms with Gasteiger partial charge in [0.1, 0.15) is 0 Å². The molecule has 3 heterocycles. The van der Waals surface area contributed by atoms with Crippen LogP contribution in [-0.4, -0.2) is 43.9 Å². The van der Waals surface area contributed by atoms with Crippen molar-refractivity contribution in [3.63, 3.8) is 0 Å². The van der Waals surface area contributed by atoms with Crippen molar-refractivity contribution in [1.82, 2.24) is 14.5 Å². The van der Waals surface area contributed by atoms with Gasteiger partial charge in [-0.2, -0.15) is 5.10 Å². The summed E-state index contributed by atoms with van der Waals surface area (Å²) >= 11 is 0. The second kappa shape index (κ2) is 4.45. The van der Waals surface area contributed by atoms with Crippen LogP contribution in [0.25, 0.3) is 0 Å². The Morgan fingerprint density at radius 1 is 1.50 bits per heavy atom. The fourth-order valence-corrected chi connectivity index (χ4v) is 3.25. The van der Waals surface area contributed by atoms with Crippen molar-refractivity contribution in [3.05, 3.63) is 6.20 Å². The van der Waals surface area contributed by atoms with E-state index in [1.54, 1.807) is 6.92 Å². The summed E-state index contributed by atoms with van der Waals surface area (Å²) in [7, 11) is -3.98. The third kappa shape index (κ3) is 2.06. The van der Waals surface area contributed by atoms with Crippen LogP contribution in [0.15, 0.2) is 11.1 Å². The monoisotopic (exact) mass is 301 g/mol. The topological polar surface area (TPSA) is 99.5 Å². The third-order valence-electron chi connectivity index (χ3n) is 3.42. The van der Waals surface area contributed by atoms with E-state index in [0.717, 1.165) is 6.42 Å². The maximum absolute atomic E-state index is 12.3. The van der Waals surface area contributed by atoms with Crippen LogP contribution < -0.4 is 9.46 Å². The molecule has 0 bridgehead atoms. The van der Waals surface area contributed by atoms with Crippen molar-refractivity contribution in [2.24, 2.45) is 5.41 Å². The Morgan fingerprint density at radius 2 is 2.25 bits per heavy atom. The smallest absolute Gasteiger partial charge is 0.271 e. The van der Waals surface area contributed by atoms with Crippen LogP contribution in [0, 0.1) is 5.41 Å². The lowest BCUT2D eigenvalue weighted by molar-refractivity contribution is -0.155. The van der Waals surface area contributed by atoms with Crippen LogP contribution in [0.2, 0.25) is 0 Å². The molecule has 0 radical (unpaired) electrons. The Balaban J connectivity index is 1.85. The molecule has 9 heteroatoms. The van der Waals surface area contributed by atoms with Gasteiger partial charge in [-0.15, -0.1) is 0 Å². The number of carbonyl (C=O) groups excluding carboxylic acids is 1. The zero-order valence-corrected chi connectivity index (χ0v) is 11.8. The van der Waals surface area contributed by atoms with E-state index >= 15 is 0 Å². The number of ether oxygens (including phenoxy) is 2. The van der Waals surface area contributed by atoms with E-state index in [1.165, 1.54) is 10.9 Å². The lowest BCUT2D eigenvalue weighted by Crippen LogP contribution is -2.53. The summed E-state index contributed by atoms with van der Waals surface area (Å²) in [5.41, 5.74) is -0.791. The molecule has 2 aliphatic rings. The zero-order valence-electron chi connectivity index (χ0n) is 11.0. The second-order valence-electron chi connectivity index (χ2n) is 5.23. The third-order valence-corrected chi connectivity index (χ3v) is 4.73. The minimum atomic E-state index is -3.98. The van der Waals surface area contributed by atoms with E-state index in [0.29, 0.717) is 13.2 Å². The molecule has 0 atom stereocenters. The lowest BCUT2D eigenvalue weighted by Gasteiger charge is -2.35. The number of hydrogen-bond donors (Lipinski definition) is 1. The lowest BCUT2D eigenvalue weighted by atomic mass is 9.88.